The lowest BCUT2D eigenvalue weighted by atomic mass is 9.89. The van der Waals surface area contributed by atoms with E-state index in [0.717, 1.165) is 0 Å². The molecule has 1 aromatic rings. The van der Waals surface area contributed by atoms with E-state index in [1.807, 2.05) is 6.07 Å². The molecule has 1 unspecified atom stereocenters. The van der Waals surface area contributed by atoms with Crippen LogP contribution in [0.5, 0.6) is 0 Å². The van der Waals surface area contributed by atoms with Crippen LogP contribution < -0.4 is 5.32 Å². The fourth-order valence-electron chi connectivity index (χ4n) is 1.54. The summed E-state index contributed by atoms with van der Waals surface area (Å²) in [5.74, 6) is -1.41. The van der Waals surface area contributed by atoms with Gasteiger partial charge in [0, 0.05) is 13.0 Å². The highest BCUT2D eigenvalue weighted by Crippen LogP contribution is 2.20. The quantitative estimate of drug-likeness (QED) is 0.724. The molecule has 0 radical (unpaired) electrons. The van der Waals surface area contributed by atoms with E-state index in [9.17, 15) is 14.7 Å². The van der Waals surface area contributed by atoms with Gasteiger partial charge in [-0.25, -0.2) is 0 Å². The van der Waals surface area contributed by atoms with Crippen molar-refractivity contribution in [2.45, 2.75) is 26.4 Å². The van der Waals surface area contributed by atoms with Gasteiger partial charge in [0.05, 0.1) is 11.5 Å². The molecule has 1 amide bonds. The Morgan fingerprint density at radius 3 is 2.37 bits per heavy atom. The number of hydrogen-bond acceptors (Lipinski definition) is 3. The van der Waals surface area contributed by atoms with Gasteiger partial charge in [-0.2, -0.15) is 0 Å². The molecule has 1 aromatic carbocycles. The maximum absolute atomic E-state index is 11.6. The Morgan fingerprint density at radius 1 is 1.26 bits per heavy atom. The van der Waals surface area contributed by atoms with Crippen LogP contribution in [0.4, 0.5) is 0 Å². The van der Waals surface area contributed by atoms with Gasteiger partial charge in [0.1, 0.15) is 0 Å². The number of nitrogens with one attached hydrogen (secondary N) is 1. The van der Waals surface area contributed by atoms with Gasteiger partial charge in [0.2, 0.25) is 5.91 Å². The molecule has 19 heavy (non-hydrogen) atoms. The van der Waals surface area contributed by atoms with E-state index in [-0.39, 0.29) is 18.9 Å². The van der Waals surface area contributed by atoms with Crippen LogP contribution in [-0.2, 0) is 9.59 Å². The maximum atomic E-state index is 11.6. The van der Waals surface area contributed by atoms with Gasteiger partial charge >= 0.3 is 5.97 Å². The predicted octanol–water partition coefficient (Wildman–Crippen LogP) is 1.34. The van der Waals surface area contributed by atoms with Crippen molar-refractivity contribution in [3.05, 3.63) is 35.9 Å². The molecular formula is C14H19NO4. The Balaban J connectivity index is 2.45. The van der Waals surface area contributed by atoms with E-state index in [1.165, 1.54) is 13.8 Å². The number of carboxylic acid groups (broad SMARTS) is 1. The number of carbonyl (C=O) groups excluding carboxylic acids is 1. The molecule has 0 bridgehead atoms. The fourth-order valence-corrected chi connectivity index (χ4v) is 1.54. The van der Waals surface area contributed by atoms with Gasteiger partial charge in [-0.1, -0.05) is 30.3 Å². The summed E-state index contributed by atoms with van der Waals surface area (Å²) in [6, 6.07) is 8.96. The van der Waals surface area contributed by atoms with Crippen LogP contribution in [0.25, 0.3) is 0 Å². The summed E-state index contributed by atoms with van der Waals surface area (Å²) in [6.07, 6.45) is -0.915. The highest BCUT2D eigenvalue weighted by atomic mass is 16.4. The molecular weight excluding hydrogens is 246 g/mol. The molecule has 0 aliphatic rings. The zero-order valence-corrected chi connectivity index (χ0v) is 11.1. The minimum atomic E-state index is -1.11. The lowest BCUT2D eigenvalue weighted by Gasteiger charge is -2.19. The summed E-state index contributed by atoms with van der Waals surface area (Å²) in [5.41, 5.74) is -0.401. The number of amides is 1. The first-order valence-corrected chi connectivity index (χ1v) is 6.06. The molecule has 5 heteroatoms. The van der Waals surface area contributed by atoms with E-state index >= 15 is 0 Å². The highest BCUT2D eigenvalue weighted by molar-refractivity contribution is 5.84. The molecule has 104 valence electrons. The number of carbonyl (C=O) groups is 2. The van der Waals surface area contributed by atoms with Crippen molar-refractivity contribution in [3.8, 4) is 0 Å². The third-order valence-electron chi connectivity index (χ3n) is 2.86. The number of hydrogen-bond donors (Lipinski definition) is 3. The Hall–Kier alpha value is -1.88. The lowest BCUT2D eigenvalue weighted by Crippen LogP contribution is -2.35. The smallest absolute Gasteiger partial charge is 0.309 e. The molecule has 1 rings (SSSR count). The SMILES string of the molecule is CC(C)(CC(=O)NCC(O)c1ccccc1)C(=O)O. The van der Waals surface area contributed by atoms with Crippen LogP contribution in [0.1, 0.15) is 31.9 Å². The average Bonchev–Trinajstić information content (AvgIpc) is 2.36. The molecule has 0 aliphatic heterocycles. The van der Waals surface area contributed by atoms with E-state index in [1.54, 1.807) is 24.3 Å². The molecule has 0 aromatic heterocycles. The summed E-state index contributed by atoms with van der Waals surface area (Å²) in [4.78, 5) is 22.5. The first kappa shape index (κ1) is 15.2. The minimum Gasteiger partial charge on any atom is -0.481 e. The summed E-state index contributed by atoms with van der Waals surface area (Å²) < 4.78 is 0. The Kier molecular flexibility index (Phi) is 5.06. The minimum absolute atomic E-state index is 0.0680. The van der Waals surface area contributed by atoms with Crippen molar-refractivity contribution in [1.82, 2.24) is 5.32 Å². The third kappa shape index (κ3) is 4.71. The summed E-state index contributed by atoms with van der Waals surface area (Å²) >= 11 is 0. The summed E-state index contributed by atoms with van der Waals surface area (Å²) in [5, 5.41) is 21.3. The first-order valence-electron chi connectivity index (χ1n) is 6.06. The Morgan fingerprint density at radius 2 is 1.84 bits per heavy atom. The van der Waals surface area contributed by atoms with Crippen molar-refractivity contribution in [2.75, 3.05) is 6.54 Å². The Bertz CT molecular complexity index is 442. The molecule has 0 saturated carbocycles. The Labute approximate surface area is 112 Å². The monoisotopic (exact) mass is 265 g/mol. The van der Waals surface area contributed by atoms with Gasteiger partial charge in [0.15, 0.2) is 0 Å². The normalized spacial score (nSPS) is 12.8. The van der Waals surface area contributed by atoms with E-state index in [2.05, 4.69) is 5.32 Å². The number of aliphatic carboxylic acids is 1. The zero-order chi connectivity index (χ0) is 14.5. The highest BCUT2D eigenvalue weighted by Gasteiger charge is 2.30. The standard InChI is InChI=1S/C14H19NO4/c1-14(2,13(18)19)8-12(17)15-9-11(16)10-6-4-3-5-7-10/h3-7,11,16H,8-9H2,1-2H3,(H,15,17)(H,18,19). The third-order valence-corrected chi connectivity index (χ3v) is 2.86. The van der Waals surface area contributed by atoms with Crippen molar-refractivity contribution in [1.29, 1.82) is 0 Å². The van der Waals surface area contributed by atoms with Gasteiger partial charge in [-0.3, -0.25) is 9.59 Å². The largest absolute Gasteiger partial charge is 0.481 e. The molecule has 0 heterocycles. The van der Waals surface area contributed by atoms with Crippen molar-refractivity contribution < 1.29 is 19.8 Å². The van der Waals surface area contributed by atoms with Gasteiger partial charge in [-0.05, 0) is 19.4 Å². The molecule has 5 nitrogen and oxygen atoms in total. The van der Waals surface area contributed by atoms with Gasteiger partial charge in [-0.15, -0.1) is 0 Å². The van der Waals surface area contributed by atoms with E-state index < -0.39 is 17.5 Å². The van der Waals surface area contributed by atoms with E-state index in [0.29, 0.717) is 5.56 Å². The average molecular weight is 265 g/mol. The second-order valence-corrected chi connectivity index (χ2v) is 5.10. The molecule has 0 saturated heterocycles. The summed E-state index contributed by atoms with van der Waals surface area (Å²) in [6.45, 7) is 3.05. The number of aliphatic hydroxyl groups is 1. The molecule has 0 aliphatic carbocycles. The first-order chi connectivity index (χ1) is 8.83. The maximum Gasteiger partial charge on any atom is 0.309 e. The number of benzene rings is 1. The van der Waals surface area contributed by atoms with E-state index in [4.69, 9.17) is 5.11 Å². The summed E-state index contributed by atoms with van der Waals surface area (Å²) in [7, 11) is 0. The van der Waals surface area contributed by atoms with Gasteiger partial charge < -0.3 is 15.5 Å². The number of aliphatic hydroxyl groups excluding tert-OH is 1. The van der Waals surface area contributed by atoms with Crippen LogP contribution in [0.15, 0.2) is 30.3 Å². The van der Waals surface area contributed by atoms with Crippen LogP contribution in [0, 0.1) is 5.41 Å². The predicted molar refractivity (Wildman–Crippen MR) is 70.4 cm³/mol. The van der Waals surface area contributed by atoms with Crippen molar-refractivity contribution in [3.63, 3.8) is 0 Å². The zero-order valence-electron chi connectivity index (χ0n) is 11.1. The molecule has 3 N–H and O–H groups in total. The van der Waals surface area contributed by atoms with Gasteiger partial charge in [0.25, 0.3) is 0 Å². The fraction of sp³-hybridized carbons (Fsp3) is 0.429. The van der Waals surface area contributed by atoms with Crippen LogP contribution >= 0.6 is 0 Å². The topological polar surface area (TPSA) is 86.6 Å². The number of rotatable bonds is 6. The van der Waals surface area contributed by atoms with Crippen molar-refractivity contribution in [2.24, 2.45) is 5.41 Å². The van der Waals surface area contributed by atoms with Crippen LogP contribution in [0.2, 0.25) is 0 Å². The second-order valence-electron chi connectivity index (χ2n) is 5.10. The van der Waals surface area contributed by atoms with Crippen LogP contribution in [-0.4, -0.2) is 28.6 Å². The number of carboxylic acids is 1. The lowest BCUT2D eigenvalue weighted by molar-refractivity contribution is -0.149. The van der Waals surface area contributed by atoms with Crippen LogP contribution in [0.3, 0.4) is 0 Å². The second kappa shape index (κ2) is 6.33. The molecule has 1 atom stereocenters. The molecule has 0 fully saturated rings. The van der Waals surface area contributed by atoms with Crippen molar-refractivity contribution >= 4 is 11.9 Å². The molecule has 0 spiro atoms.